The molecule has 0 radical (unpaired) electrons. The van der Waals surface area contributed by atoms with Crippen molar-refractivity contribution in [1.29, 1.82) is 0 Å². The predicted octanol–water partition coefficient (Wildman–Crippen LogP) is 1.07. The molecule has 0 aromatic rings. The summed E-state index contributed by atoms with van der Waals surface area (Å²) < 4.78 is 10.4. The molecule has 0 spiro atoms. The van der Waals surface area contributed by atoms with Gasteiger partial charge in [-0.25, -0.2) is 0 Å². The average molecular weight is 216 g/mol. The van der Waals surface area contributed by atoms with E-state index in [2.05, 4.69) is 6.58 Å². The van der Waals surface area contributed by atoms with Crippen LogP contribution in [-0.4, -0.2) is 34.3 Å². The van der Waals surface area contributed by atoms with Gasteiger partial charge in [-0.2, -0.15) is 0 Å². The SMILES string of the molecule is C=CC(=O)C(=O)CC[Si](C)(OC)OC. The van der Waals surface area contributed by atoms with E-state index in [0.717, 1.165) is 6.08 Å². The van der Waals surface area contributed by atoms with E-state index in [1.165, 1.54) is 0 Å². The minimum Gasteiger partial charge on any atom is -0.398 e. The third-order valence-electron chi connectivity index (χ3n) is 2.13. The van der Waals surface area contributed by atoms with E-state index in [9.17, 15) is 9.59 Å². The van der Waals surface area contributed by atoms with Crippen molar-refractivity contribution in [3.8, 4) is 0 Å². The first-order valence-electron chi connectivity index (χ1n) is 4.29. The summed E-state index contributed by atoms with van der Waals surface area (Å²) in [7, 11) is 0.876. The number of hydrogen-bond acceptors (Lipinski definition) is 4. The molecule has 0 saturated carbocycles. The van der Waals surface area contributed by atoms with Crippen molar-refractivity contribution in [2.45, 2.75) is 19.0 Å². The van der Waals surface area contributed by atoms with E-state index in [1.807, 2.05) is 6.55 Å². The Hall–Kier alpha value is -0.783. The van der Waals surface area contributed by atoms with Crippen LogP contribution in [-0.2, 0) is 18.4 Å². The summed E-state index contributed by atoms with van der Waals surface area (Å²) in [4.78, 5) is 22.0. The highest BCUT2D eigenvalue weighted by molar-refractivity contribution is 6.66. The van der Waals surface area contributed by atoms with Gasteiger partial charge in [0.25, 0.3) is 0 Å². The molecule has 0 rings (SSSR count). The Morgan fingerprint density at radius 1 is 1.36 bits per heavy atom. The van der Waals surface area contributed by atoms with Gasteiger partial charge in [0.1, 0.15) is 0 Å². The van der Waals surface area contributed by atoms with Crippen molar-refractivity contribution < 1.29 is 18.4 Å². The van der Waals surface area contributed by atoms with Crippen molar-refractivity contribution in [1.82, 2.24) is 0 Å². The van der Waals surface area contributed by atoms with Gasteiger partial charge in [-0.05, 0) is 18.7 Å². The molecule has 0 aliphatic heterocycles. The fourth-order valence-corrected chi connectivity index (χ4v) is 2.12. The van der Waals surface area contributed by atoms with Crippen LogP contribution in [0.25, 0.3) is 0 Å². The fraction of sp³-hybridized carbons (Fsp3) is 0.556. The number of rotatable bonds is 7. The van der Waals surface area contributed by atoms with Gasteiger partial charge in [0.2, 0.25) is 11.6 Å². The summed E-state index contributed by atoms with van der Waals surface area (Å²) in [5.41, 5.74) is 0. The van der Waals surface area contributed by atoms with Crippen molar-refractivity contribution in [3.63, 3.8) is 0 Å². The molecule has 0 aromatic heterocycles. The van der Waals surface area contributed by atoms with Gasteiger partial charge in [-0.15, -0.1) is 0 Å². The Labute approximate surface area is 85.1 Å². The van der Waals surface area contributed by atoms with Crippen LogP contribution in [0.2, 0.25) is 12.6 Å². The van der Waals surface area contributed by atoms with Crippen LogP contribution in [0.3, 0.4) is 0 Å². The minimum atomic E-state index is -2.23. The van der Waals surface area contributed by atoms with Crippen molar-refractivity contribution in [3.05, 3.63) is 12.7 Å². The van der Waals surface area contributed by atoms with E-state index in [4.69, 9.17) is 8.85 Å². The molecular weight excluding hydrogens is 200 g/mol. The fourth-order valence-electron chi connectivity index (χ4n) is 0.865. The Kier molecular flexibility index (Phi) is 5.52. The number of allylic oxidation sites excluding steroid dienone is 1. The standard InChI is InChI=1S/C9H16O4Si/c1-5-8(10)9(11)6-7-14(4,12-2)13-3/h5H,1,6-7H2,2-4H3. The van der Waals surface area contributed by atoms with E-state index in [1.54, 1.807) is 14.2 Å². The second-order valence-corrected chi connectivity index (χ2v) is 6.62. The zero-order valence-electron chi connectivity index (χ0n) is 8.83. The van der Waals surface area contributed by atoms with Crippen LogP contribution >= 0.6 is 0 Å². The van der Waals surface area contributed by atoms with Crippen LogP contribution in [0.5, 0.6) is 0 Å². The Balaban J connectivity index is 4.10. The van der Waals surface area contributed by atoms with Crippen LogP contribution in [0.1, 0.15) is 6.42 Å². The molecule has 0 aliphatic carbocycles. The first-order valence-corrected chi connectivity index (χ1v) is 6.81. The summed E-state index contributed by atoms with van der Waals surface area (Å²) in [6.07, 6.45) is 1.19. The third kappa shape index (κ3) is 3.95. The Morgan fingerprint density at radius 2 is 1.86 bits per heavy atom. The summed E-state index contributed by atoms with van der Waals surface area (Å²) in [6, 6.07) is 0.485. The highest BCUT2D eigenvalue weighted by atomic mass is 28.4. The van der Waals surface area contributed by atoms with Gasteiger partial charge >= 0.3 is 8.56 Å². The smallest absolute Gasteiger partial charge is 0.334 e. The van der Waals surface area contributed by atoms with Gasteiger partial charge in [0, 0.05) is 20.6 Å². The second-order valence-electron chi connectivity index (χ2n) is 3.03. The van der Waals surface area contributed by atoms with E-state index in [0.29, 0.717) is 6.04 Å². The zero-order chi connectivity index (χ0) is 11.2. The quantitative estimate of drug-likeness (QED) is 0.363. The zero-order valence-corrected chi connectivity index (χ0v) is 9.83. The number of ketones is 2. The molecule has 5 heteroatoms. The highest BCUT2D eigenvalue weighted by Gasteiger charge is 2.29. The van der Waals surface area contributed by atoms with Crippen LogP contribution < -0.4 is 0 Å². The molecule has 4 nitrogen and oxygen atoms in total. The molecule has 0 N–H and O–H groups in total. The molecule has 0 atom stereocenters. The lowest BCUT2D eigenvalue weighted by Gasteiger charge is -2.21. The topological polar surface area (TPSA) is 52.6 Å². The van der Waals surface area contributed by atoms with Gasteiger partial charge < -0.3 is 8.85 Å². The van der Waals surface area contributed by atoms with Crippen LogP contribution in [0.4, 0.5) is 0 Å². The van der Waals surface area contributed by atoms with Crippen molar-refractivity contribution in [2.75, 3.05) is 14.2 Å². The molecule has 0 fully saturated rings. The predicted molar refractivity (Wildman–Crippen MR) is 55.3 cm³/mol. The Bertz CT molecular complexity index is 233. The molecule has 0 heterocycles. The molecule has 0 saturated heterocycles. The lowest BCUT2D eigenvalue weighted by molar-refractivity contribution is -0.133. The first-order chi connectivity index (χ1) is 6.49. The summed E-state index contributed by atoms with van der Waals surface area (Å²) in [5, 5.41) is 0. The maximum Gasteiger partial charge on any atom is 0.334 e. The maximum atomic E-state index is 11.1. The van der Waals surface area contributed by atoms with Crippen LogP contribution in [0, 0.1) is 0 Å². The minimum absolute atomic E-state index is 0.162. The average Bonchev–Trinajstić information content (AvgIpc) is 2.24. The third-order valence-corrected chi connectivity index (χ3v) is 5.02. The van der Waals surface area contributed by atoms with Gasteiger partial charge in [-0.1, -0.05) is 6.58 Å². The van der Waals surface area contributed by atoms with Gasteiger partial charge in [-0.3, -0.25) is 9.59 Å². The highest BCUT2D eigenvalue weighted by Crippen LogP contribution is 2.13. The van der Waals surface area contributed by atoms with Crippen LogP contribution in [0.15, 0.2) is 12.7 Å². The molecule has 0 aromatic carbocycles. The molecule has 0 aliphatic rings. The monoisotopic (exact) mass is 216 g/mol. The lowest BCUT2D eigenvalue weighted by atomic mass is 10.2. The summed E-state index contributed by atoms with van der Waals surface area (Å²) >= 11 is 0. The van der Waals surface area contributed by atoms with Crippen molar-refractivity contribution in [2.24, 2.45) is 0 Å². The first kappa shape index (κ1) is 13.2. The van der Waals surface area contributed by atoms with E-state index < -0.39 is 20.1 Å². The Morgan fingerprint density at radius 3 is 2.21 bits per heavy atom. The van der Waals surface area contributed by atoms with Gasteiger partial charge in [0.15, 0.2) is 0 Å². The summed E-state index contributed by atoms with van der Waals surface area (Å²) in [6.45, 7) is 5.09. The number of hydrogen-bond donors (Lipinski definition) is 0. The maximum absolute atomic E-state index is 11.1. The van der Waals surface area contributed by atoms with Crippen molar-refractivity contribution >= 4 is 20.1 Å². The molecule has 0 unspecified atom stereocenters. The number of Topliss-reactive ketones (excluding diaryl/α,β-unsaturated/α-hetero) is 1. The second kappa shape index (κ2) is 5.84. The molecular formula is C9H16O4Si. The van der Waals surface area contributed by atoms with E-state index in [-0.39, 0.29) is 6.42 Å². The summed E-state index contributed by atoms with van der Waals surface area (Å²) in [5.74, 6) is -0.985. The lowest BCUT2D eigenvalue weighted by Crippen LogP contribution is -2.36. The van der Waals surface area contributed by atoms with Gasteiger partial charge in [0.05, 0.1) is 0 Å². The van der Waals surface area contributed by atoms with E-state index >= 15 is 0 Å². The molecule has 14 heavy (non-hydrogen) atoms. The largest absolute Gasteiger partial charge is 0.398 e. The molecule has 0 bridgehead atoms. The number of carbonyl (C=O) groups excluding carboxylic acids is 2. The molecule has 0 amide bonds. The number of carbonyl (C=O) groups is 2. The molecule has 80 valence electrons. The normalized spacial score (nSPS) is 11.1.